The van der Waals surface area contributed by atoms with Crippen LogP contribution < -0.4 is 0 Å². The highest BCUT2D eigenvalue weighted by atomic mass is 16.6. The zero-order valence-electron chi connectivity index (χ0n) is 8.72. The van der Waals surface area contributed by atoms with Gasteiger partial charge in [-0.15, -0.1) is 0 Å². The van der Waals surface area contributed by atoms with Crippen LogP contribution >= 0.6 is 0 Å². The summed E-state index contributed by atoms with van der Waals surface area (Å²) in [5.41, 5.74) is -1.43. The largest absolute Gasteiger partial charge is 0.467 e. The van der Waals surface area contributed by atoms with Crippen LogP contribution in [-0.2, 0) is 14.3 Å². The van der Waals surface area contributed by atoms with E-state index >= 15 is 0 Å². The van der Waals surface area contributed by atoms with E-state index in [0.717, 1.165) is 0 Å². The number of carbonyl (C=O) groups excluding carboxylic acids is 1. The molecular weight excluding hydrogens is 120 g/mol. The predicted molar refractivity (Wildman–Crippen MR) is 33.1 cm³/mol. The predicted octanol–water partition coefficient (Wildman–Crippen LogP) is 0.584. The summed E-state index contributed by atoms with van der Waals surface area (Å²) < 4.78 is 29.1. The number of rotatable bonds is 2. The molecule has 0 atom stereocenters. The summed E-state index contributed by atoms with van der Waals surface area (Å²) in [7, 11) is -1.41. The zero-order chi connectivity index (χ0) is 9.99. The van der Waals surface area contributed by atoms with Crippen LogP contribution in [-0.4, -0.2) is 25.7 Å². The van der Waals surface area contributed by atoms with E-state index < -0.39 is 18.6 Å². The van der Waals surface area contributed by atoms with Crippen molar-refractivity contribution in [1.82, 2.24) is 0 Å². The van der Waals surface area contributed by atoms with Gasteiger partial charge < -0.3 is 9.47 Å². The minimum atomic E-state index is -2.59. The lowest BCUT2D eigenvalue weighted by Crippen LogP contribution is -2.34. The number of carbonyl (C=O) groups is 1. The van der Waals surface area contributed by atoms with Gasteiger partial charge in [0.05, 0.1) is 11.2 Å². The molecule has 54 valence electrons. The molecule has 0 aliphatic rings. The van der Waals surface area contributed by atoms with Crippen molar-refractivity contribution in [1.29, 1.82) is 0 Å². The van der Waals surface area contributed by atoms with Crippen molar-refractivity contribution in [3.63, 3.8) is 0 Å². The van der Waals surface area contributed by atoms with Gasteiger partial charge in [-0.25, -0.2) is 4.79 Å². The normalized spacial score (nSPS) is 17.4. The third-order valence-electron chi connectivity index (χ3n) is 0.932. The first-order chi connectivity index (χ1) is 5.19. The van der Waals surface area contributed by atoms with E-state index in [0.29, 0.717) is 0 Å². The maximum absolute atomic E-state index is 10.9. The Balaban J connectivity index is 4.32. The van der Waals surface area contributed by atoms with Gasteiger partial charge in [0.2, 0.25) is 0 Å². The number of hydrogen-bond acceptors (Lipinski definition) is 3. The van der Waals surface area contributed by atoms with Crippen LogP contribution in [0.4, 0.5) is 0 Å². The molecular formula is C6H12O3. The van der Waals surface area contributed by atoms with Crippen LogP contribution in [0.25, 0.3) is 0 Å². The third kappa shape index (κ3) is 2.01. The molecule has 0 unspecified atom stereocenters. The van der Waals surface area contributed by atoms with Crippen molar-refractivity contribution >= 4 is 5.97 Å². The van der Waals surface area contributed by atoms with Crippen LogP contribution in [0.2, 0.25) is 0 Å². The average Bonchev–Trinajstić information content (AvgIpc) is 1.80. The van der Waals surface area contributed by atoms with Crippen molar-refractivity contribution in [2.24, 2.45) is 0 Å². The highest BCUT2D eigenvalue weighted by Crippen LogP contribution is 2.08. The second-order valence-corrected chi connectivity index (χ2v) is 2.10. The molecule has 9 heavy (non-hydrogen) atoms. The molecule has 0 saturated heterocycles. The summed E-state index contributed by atoms with van der Waals surface area (Å²) in [5.74, 6) is -0.710. The molecule has 0 bridgehead atoms. The van der Waals surface area contributed by atoms with Crippen LogP contribution in [0.15, 0.2) is 0 Å². The van der Waals surface area contributed by atoms with E-state index in [1.165, 1.54) is 21.0 Å². The van der Waals surface area contributed by atoms with Gasteiger partial charge in [0.25, 0.3) is 0 Å². The van der Waals surface area contributed by atoms with Crippen LogP contribution in [0, 0.1) is 0 Å². The van der Waals surface area contributed by atoms with Crippen molar-refractivity contribution in [3.8, 4) is 0 Å². The summed E-state index contributed by atoms with van der Waals surface area (Å²) >= 11 is 0. The first-order valence-corrected chi connectivity index (χ1v) is 2.47. The average molecular weight is 135 g/mol. The van der Waals surface area contributed by atoms with Crippen molar-refractivity contribution < 1.29 is 18.4 Å². The van der Waals surface area contributed by atoms with E-state index in [1.54, 1.807) is 0 Å². The standard InChI is InChI=1S/C6H12O3/c1-6(2,9-4)5(7)8-3/h1-4H3/i4D3. The Morgan fingerprint density at radius 2 is 2.22 bits per heavy atom. The Labute approximate surface area is 59.2 Å². The molecule has 3 heteroatoms. The minimum Gasteiger partial charge on any atom is -0.467 e. The molecule has 0 N–H and O–H groups in total. The zero-order valence-corrected chi connectivity index (χ0v) is 5.72. The van der Waals surface area contributed by atoms with Crippen molar-refractivity contribution in [3.05, 3.63) is 0 Å². The quantitative estimate of drug-likeness (QED) is 0.520. The molecule has 0 rings (SSSR count). The summed E-state index contributed by atoms with van der Waals surface area (Å²) in [4.78, 5) is 10.9. The Morgan fingerprint density at radius 3 is 2.56 bits per heavy atom. The molecule has 0 radical (unpaired) electrons. The van der Waals surface area contributed by atoms with E-state index in [1.807, 2.05) is 0 Å². The molecule has 0 aromatic heterocycles. The molecule has 0 aliphatic carbocycles. The van der Waals surface area contributed by atoms with E-state index in [2.05, 4.69) is 9.47 Å². The second kappa shape index (κ2) is 2.82. The smallest absolute Gasteiger partial charge is 0.337 e. The Bertz CT molecular complexity index is 173. The maximum atomic E-state index is 10.9. The molecule has 3 nitrogen and oxygen atoms in total. The lowest BCUT2D eigenvalue weighted by atomic mass is 10.1. The number of ether oxygens (including phenoxy) is 2. The number of esters is 1. The van der Waals surface area contributed by atoms with Crippen LogP contribution in [0.5, 0.6) is 0 Å². The second-order valence-electron chi connectivity index (χ2n) is 2.10. The summed E-state index contributed by atoms with van der Waals surface area (Å²) in [6, 6.07) is 0. The minimum absolute atomic E-state index is 0.710. The van der Waals surface area contributed by atoms with Crippen LogP contribution in [0.1, 0.15) is 18.0 Å². The molecule has 0 amide bonds. The first-order valence-electron chi connectivity index (χ1n) is 3.97. The molecule has 0 fully saturated rings. The SMILES string of the molecule is [2H]C([2H])([2H])OC(C)(C)C(=O)OC. The fourth-order valence-corrected chi connectivity index (χ4v) is 0.287. The number of methoxy groups -OCH3 is 2. The molecule has 0 heterocycles. The van der Waals surface area contributed by atoms with Gasteiger partial charge in [0.1, 0.15) is 0 Å². The molecule has 0 aromatic carbocycles. The maximum Gasteiger partial charge on any atom is 0.337 e. The third-order valence-corrected chi connectivity index (χ3v) is 0.932. The topological polar surface area (TPSA) is 35.5 Å². The Morgan fingerprint density at radius 1 is 1.67 bits per heavy atom. The van der Waals surface area contributed by atoms with Gasteiger partial charge in [-0.2, -0.15) is 0 Å². The molecule has 0 spiro atoms. The first kappa shape index (κ1) is 4.28. The highest BCUT2D eigenvalue weighted by molar-refractivity contribution is 5.78. The summed E-state index contributed by atoms with van der Waals surface area (Å²) in [6.07, 6.45) is 0. The summed E-state index contributed by atoms with van der Waals surface area (Å²) in [5, 5.41) is 0. The number of hydrogen-bond donors (Lipinski definition) is 0. The van der Waals surface area contributed by atoms with E-state index in [4.69, 9.17) is 4.11 Å². The van der Waals surface area contributed by atoms with E-state index in [-0.39, 0.29) is 0 Å². The highest BCUT2D eigenvalue weighted by Gasteiger charge is 2.27. The fourth-order valence-electron chi connectivity index (χ4n) is 0.287. The lowest BCUT2D eigenvalue weighted by Gasteiger charge is -2.18. The van der Waals surface area contributed by atoms with Gasteiger partial charge in [0, 0.05) is 7.04 Å². The molecule has 0 aliphatic heterocycles. The van der Waals surface area contributed by atoms with Gasteiger partial charge in [-0.1, -0.05) is 0 Å². The van der Waals surface area contributed by atoms with Crippen molar-refractivity contribution in [2.45, 2.75) is 19.4 Å². The van der Waals surface area contributed by atoms with Gasteiger partial charge in [-0.05, 0) is 13.8 Å². The van der Waals surface area contributed by atoms with Gasteiger partial charge >= 0.3 is 5.97 Å². The molecule has 0 saturated carbocycles. The van der Waals surface area contributed by atoms with E-state index in [9.17, 15) is 4.79 Å². The monoisotopic (exact) mass is 135 g/mol. The van der Waals surface area contributed by atoms with Crippen molar-refractivity contribution in [2.75, 3.05) is 14.1 Å². The van der Waals surface area contributed by atoms with Gasteiger partial charge in [0.15, 0.2) is 5.60 Å². The molecule has 0 aromatic rings. The van der Waals surface area contributed by atoms with Gasteiger partial charge in [-0.3, -0.25) is 0 Å². The Hall–Kier alpha value is -0.570. The lowest BCUT2D eigenvalue weighted by molar-refractivity contribution is -0.161. The fraction of sp³-hybridized carbons (Fsp3) is 0.833. The summed E-state index contributed by atoms with van der Waals surface area (Å²) in [6.45, 7) is 2.68. The Kier molecular flexibility index (Phi) is 1.34. The van der Waals surface area contributed by atoms with Crippen LogP contribution in [0.3, 0.4) is 0 Å².